The van der Waals surface area contributed by atoms with E-state index in [0.29, 0.717) is 0 Å². The minimum atomic E-state index is -0.641. The van der Waals surface area contributed by atoms with Crippen molar-refractivity contribution in [2.45, 2.75) is 103 Å². The van der Waals surface area contributed by atoms with Crippen LogP contribution < -0.4 is 0 Å². The van der Waals surface area contributed by atoms with Gasteiger partial charge in [0, 0.05) is 27.3 Å². The van der Waals surface area contributed by atoms with Gasteiger partial charge in [-0.2, -0.15) is 0 Å². The lowest BCUT2D eigenvalue weighted by molar-refractivity contribution is 0.541. The quantitative estimate of drug-likeness (QED) is 0.232. The lowest BCUT2D eigenvalue weighted by Crippen LogP contribution is -2.12. The molecule has 0 rings (SSSR count). The summed E-state index contributed by atoms with van der Waals surface area (Å²) in [6.07, 6.45) is 19.0. The summed E-state index contributed by atoms with van der Waals surface area (Å²) in [6.45, 7) is 12.3. The van der Waals surface area contributed by atoms with E-state index in [9.17, 15) is 0 Å². The maximum atomic E-state index is 2.55. The molecule has 20 heavy (non-hydrogen) atoms. The molecule has 0 N–H and O–H groups in total. The predicted molar refractivity (Wildman–Crippen MR) is 99.8 cm³/mol. The van der Waals surface area contributed by atoms with Gasteiger partial charge in [0.1, 0.15) is 0 Å². The molecule has 0 aromatic heterocycles. The van der Waals surface area contributed by atoms with Crippen LogP contribution in [-0.2, 0) is 0 Å². The molecule has 0 nitrogen and oxygen atoms in total. The predicted octanol–water partition coefficient (Wildman–Crippen LogP) is 7.37. The average Bonchev–Trinajstić information content (AvgIpc) is 2.38. The van der Waals surface area contributed by atoms with Crippen LogP contribution in [0, 0.1) is 0 Å². The summed E-state index contributed by atoms with van der Waals surface area (Å²) in [5.41, 5.74) is 1.05. The molecule has 0 aromatic carbocycles. The lowest BCUT2D eigenvalue weighted by Gasteiger charge is -2.25. The van der Waals surface area contributed by atoms with Crippen LogP contribution in [0.1, 0.15) is 97.3 Å². The summed E-state index contributed by atoms with van der Waals surface area (Å²) in [5, 5.41) is 0. The first kappa shape index (κ1) is 20.4. The third-order valence-corrected chi connectivity index (χ3v) is 7.33. The summed E-state index contributed by atoms with van der Waals surface area (Å²) in [5.74, 6) is 0. The van der Waals surface area contributed by atoms with Gasteiger partial charge >= 0.3 is 0 Å². The fraction of sp³-hybridized carbons (Fsp3) is 1.00. The van der Waals surface area contributed by atoms with Crippen molar-refractivity contribution < 1.29 is 0 Å². The third-order valence-electron chi connectivity index (χ3n) is 4.63. The molecule has 0 aliphatic carbocycles. The van der Waals surface area contributed by atoms with E-state index in [-0.39, 0.29) is 0 Å². The Bertz CT molecular complexity index is 192. The van der Waals surface area contributed by atoms with Gasteiger partial charge in [-0.3, -0.25) is 0 Å². The molecule has 0 heterocycles. The van der Waals surface area contributed by atoms with Gasteiger partial charge < -0.3 is 0 Å². The molecule has 0 saturated heterocycles. The minimum absolute atomic E-state index is 0.641. The Morgan fingerprint density at radius 2 is 0.900 bits per heavy atom. The van der Waals surface area contributed by atoms with Crippen molar-refractivity contribution in [3.8, 4) is 0 Å². The summed E-state index contributed by atoms with van der Waals surface area (Å²) >= 11 is 0. The second-order valence-corrected chi connectivity index (χ2v) is 12.5. The highest BCUT2D eigenvalue weighted by atomic mass is 31.2. The Labute approximate surface area is 130 Å². The summed E-state index contributed by atoms with van der Waals surface area (Å²) in [6, 6.07) is 0. The van der Waals surface area contributed by atoms with Crippen molar-refractivity contribution in [2.24, 2.45) is 0 Å². The number of unbranched alkanes of at least 4 members (excludes halogenated alkanes) is 9. The first-order valence-electron chi connectivity index (χ1n) is 9.33. The highest BCUT2D eigenvalue weighted by molar-refractivity contribution is 7.74. The van der Waals surface area contributed by atoms with Crippen molar-refractivity contribution in [3.05, 3.63) is 0 Å². The van der Waals surface area contributed by atoms with E-state index in [2.05, 4.69) is 33.8 Å². The van der Waals surface area contributed by atoms with Crippen LogP contribution in [0.4, 0.5) is 0 Å². The molecule has 0 saturated carbocycles. The Morgan fingerprint density at radius 3 is 1.30 bits per heavy atom. The van der Waals surface area contributed by atoms with E-state index in [4.69, 9.17) is 0 Å². The molecule has 0 aromatic rings. The van der Waals surface area contributed by atoms with Crippen molar-refractivity contribution in [1.82, 2.24) is 0 Å². The minimum Gasteiger partial charge on any atom is -0.0654 e. The first-order valence-corrected chi connectivity index (χ1v) is 12.5. The Kier molecular flexibility index (Phi) is 13.4. The normalized spacial score (nSPS) is 13.7. The zero-order valence-electron chi connectivity index (χ0n) is 15.2. The first-order chi connectivity index (χ1) is 9.52. The number of hydrogen-bond acceptors (Lipinski definition) is 0. The largest absolute Gasteiger partial charge is 0.0689 e. The monoisotopic (exact) mass is 301 g/mol. The zero-order valence-corrected chi connectivity index (χ0v) is 16.1. The molecule has 0 bridgehead atoms. The second kappa shape index (κ2) is 13.1. The Hall–Kier alpha value is 0.430. The van der Waals surface area contributed by atoms with E-state index < -0.39 is 7.26 Å². The van der Waals surface area contributed by atoms with Crippen LogP contribution in [0.15, 0.2) is 0 Å². The summed E-state index contributed by atoms with van der Waals surface area (Å²) in [4.78, 5) is 0. The Balaban J connectivity index is 3.71. The summed E-state index contributed by atoms with van der Waals surface area (Å²) in [7, 11) is -0.641. The SMILES string of the molecule is CCCCCCCCCC(CCCCCC)[P+](C)(C)C. The molecule has 1 heteroatoms. The van der Waals surface area contributed by atoms with E-state index in [1.807, 2.05) is 0 Å². The molecular weight excluding hydrogens is 259 g/mol. The van der Waals surface area contributed by atoms with Gasteiger partial charge in [0.25, 0.3) is 0 Å². The summed E-state index contributed by atoms with van der Waals surface area (Å²) < 4.78 is 0. The smallest absolute Gasteiger partial charge is 0.0654 e. The van der Waals surface area contributed by atoms with Crippen LogP contribution >= 0.6 is 7.26 Å². The van der Waals surface area contributed by atoms with Crippen molar-refractivity contribution in [2.75, 3.05) is 20.0 Å². The van der Waals surface area contributed by atoms with Crippen LogP contribution in [0.5, 0.6) is 0 Å². The van der Waals surface area contributed by atoms with Crippen LogP contribution in [0.25, 0.3) is 0 Å². The van der Waals surface area contributed by atoms with Gasteiger partial charge in [0.05, 0.1) is 5.66 Å². The van der Waals surface area contributed by atoms with Crippen molar-refractivity contribution >= 4 is 7.26 Å². The maximum Gasteiger partial charge on any atom is 0.0689 e. The zero-order chi connectivity index (χ0) is 15.3. The molecule has 0 spiro atoms. The molecule has 0 amide bonds. The second-order valence-electron chi connectivity index (χ2n) is 7.53. The fourth-order valence-corrected chi connectivity index (χ4v) is 4.98. The van der Waals surface area contributed by atoms with Gasteiger partial charge in [-0.1, -0.05) is 71.6 Å². The molecule has 0 radical (unpaired) electrons. The van der Waals surface area contributed by atoms with Gasteiger partial charge in [0.2, 0.25) is 0 Å². The van der Waals surface area contributed by atoms with Crippen LogP contribution in [0.3, 0.4) is 0 Å². The number of hydrogen-bond donors (Lipinski definition) is 0. The molecular formula is C19H42P+. The molecule has 0 aliphatic heterocycles. The van der Waals surface area contributed by atoms with Gasteiger partial charge in [-0.25, -0.2) is 0 Å². The standard InChI is InChI=1S/C19H42P/c1-6-8-10-12-13-14-16-18-19(20(3,4)5)17-15-11-9-7-2/h19H,6-18H2,1-5H3/q+1. The molecule has 122 valence electrons. The Morgan fingerprint density at radius 1 is 0.550 bits per heavy atom. The van der Waals surface area contributed by atoms with E-state index in [1.165, 1.54) is 83.5 Å². The van der Waals surface area contributed by atoms with Gasteiger partial charge in [-0.15, -0.1) is 0 Å². The highest BCUT2D eigenvalue weighted by Gasteiger charge is 2.29. The van der Waals surface area contributed by atoms with Crippen LogP contribution in [-0.4, -0.2) is 25.7 Å². The highest BCUT2D eigenvalue weighted by Crippen LogP contribution is 2.55. The third kappa shape index (κ3) is 12.2. The van der Waals surface area contributed by atoms with E-state index in [0.717, 1.165) is 5.66 Å². The van der Waals surface area contributed by atoms with Crippen molar-refractivity contribution in [3.63, 3.8) is 0 Å². The molecule has 1 atom stereocenters. The molecule has 0 fully saturated rings. The fourth-order valence-electron chi connectivity index (χ4n) is 3.06. The van der Waals surface area contributed by atoms with E-state index in [1.54, 1.807) is 0 Å². The average molecular weight is 302 g/mol. The van der Waals surface area contributed by atoms with Crippen LogP contribution in [0.2, 0.25) is 0 Å². The van der Waals surface area contributed by atoms with Gasteiger partial charge in [-0.05, 0) is 25.7 Å². The number of rotatable bonds is 14. The van der Waals surface area contributed by atoms with Crippen molar-refractivity contribution in [1.29, 1.82) is 0 Å². The topological polar surface area (TPSA) is 0 Å². The van der Waals surface area contributed by atoms with E-state index >= 15 is 0 Å². The van der Waals surface area contributed by atoms with Gasteiger partial charge in [0.15, 0.2) is 0 Å². The molecule has 0 aliphatic rings. The molecule has 1 unspecified atom stereocenters. The maximum absolute atomic E-state index is 2.55. The lowest BCUT2D eigenvalue weighted by atomic mass is 10.0.